The summed E-state index contributed by atoms with van der Waals surface area (Å²) in [5.41, 5.74) is 0.0976. The van der Waals surface area contributed by atoms with Gasteiger partial charge in [0.05, 0.1) is 11.2 Å². The molecule has 1 amide bonds. The van der Waals surface area contributed by atoms with Crippen molar-refractivity contribution in [3.05, 3.63) is 64.7 Å². The van der Waals surface area contributed by atoms with Gasteiger partial charge in [0.2, 0.25) is 0 Å². The minimum atomic E-state index is -4.42. The number of rotatable bonds is 1. The van der Waals surface area contributed by atoms with E-state index in [1.165, 1.54) is 12.1 Å². The fourth-order valence-corrected chi connectivity index (χ4v) is 6.65. The number of aliphatic hydroxyl groups is 1. The van der Waals surface area contributed by atoms with Crippen molar-refractivity contribution in [2.75, 3.05) is 20.6 Å². The Bertz CT molecular complexity index is 1250. The van der Waals surface area contributed by atoms with Crippen LogP contribution in [0.4, 0.5) is 13.2 Å². The molecule has 36 heavy (non-hydrogen) atoms. The van der Waals surface area contributed by atoms with Crippen LogP contribution in [0.1, 0.15) is 47.9 Å². The third-order valence-electron chi connectivity index (χ3n) is 8.66. The lowest BCUT2D eigenvalue weighted by Crippen LogP contribution is -2.73. The molecule has 5 rings (SSSR count). The molecule has 2 fully saturated rings. The fraction of sp³-hybridized carbons (Fsp3) is 0.464. The highest BCUT2D eigenvalue weighted by Gasteiger charge is 2.64. The van der Waals surface area contributed by atoms with Crippen LogP contribution in [0.25, 0.3) is 0 Å². The summed E-state index contributed by atoms with van der Waals surface area (Å²) < 4.78 is 38.4. The number of phenolic OH excluding ortho intramolecular Hbond substituents is 1. The van der Waals surface area contributed by atoms with Gasteiger partial charge in [-0.2, -0.15) is 13.2 Å². The van der Waals surface area contributed by atoms with E-state index < -0.39 is 28.7 Å². The van der Waals surface area contributed by atoms with Gasteiger partial charge >= 0.3 is 6.18 Å². The van der Waals surface area contributed by atoms with Crippen molar-refractivity contribution in [1.29, 1.82) is 0 Å². The molecule has 2 aliphatic carbocycles. The van der Waals surface area contributed by atoms with E-state index in [-0.39, 0.29) is 17.8 Å². The molecule has 1 aliphatic heterocycles. The Morgan fingerprint density at radius 2 is 1.89 bits per heavy atom. The van der Waals surface area contributed by atoms with Crippen LogP contribution in [-0.2, 0) is 22.8 Å². The second-order valence-corrected chi connectivity index (χ2v) is 10.4. The molecule has 0 radical (unpaired) electrons. The van der Waals surface area contributed by atoms with Gasteiger partial charge in [-0.25, -0.2) is 0 Å². The highest BCUT2D eigenvalue weighted by molar-refractivity contribution is 5.94. The van der Waals surface area contributed by atoms with Gasteiger partial charge in [0.25, 0.3) is 5.91 Å². The minimum Gasteiger partial charge on any atom is -0.508 e. The lowest BCUT2D eigenvalue weighted by Gasteiger charge is -2.64. The van der Waals surface area contributed by atoms with E-state index in [0.717, 1.165) is 29.8 Å². The van der Waals surface area contributed by atoms with Gasteiger partial charge in [0, 0.05) is 36.0 Å². The Hall–Kier alpha value is -3.02. The molecular weight excluding hydrogens is 469 g/mol. The van der Waals surface area contributed by atoms with Gasteiger partial charge < -0.3 is 20.0 Å². The van der Waals surface area contributed by atoms with E-state index in [0.29, 0.717) is 37.7 Å². The number of likely N-dealkylation sites (N-methyl/N-ethyl adjacent to an activating group) is 1. The van der Waals surface area contributed by atoms with E-state index in [2.05, 4.69) is 16.7 Å². The van der Waals surface area contributed by atoms with Crippen LogP contribution in [0.3, 0.4) is 0 Å². The Labute approximate surface area is 208 Å². The van der Waals surface area contributed by atoms with Crippen LogP contribution in [-0.4, -0.2) is 64.2 Å². The first-order chi connectivity index (χ1) is 16.9. The Kier molecular flexibility index (Phi) is 5.85. The molecule has 0 spiro atoms. The summed E-state index contributed by atoms with van der Waals surface area (Å²) in [6.07, 6.45) is -1.32. The number of aromatic hydroxyl groups is 1. The molecule has 1 heterocycles. The molecule has 0 unspecified atom stereocenters. The second-order valence-electron chi connectivity index (χ2n) is 10.4. The molecule has 1 saturated heterocycles. The number of piperidine rings is 1. The first-order valence-corrected chi connectivity index (χ1v) is 12.2. The number of nitrogens with zero attached hydrogens (tertiary/aromatic N) is 2. The molecule has 3 aliphatic rings. The topological polar surface area (TPSA) is 64.0 Å². The molecule has 2 aromatic rings. The summed E-state index contributed by atoms with van der Waals surface area (Å²) in [5.74, 6) is 4.99. The lowest BCUT2D eigenvalue weighted by atomic mass is 9.49. The summed E-state index contributed by atoms with van der Waals surface area (Å²) in [7, 11) is 3.73. The molecule has 0 aromatic heterocycles. The first-order valence-electron chi connectivity index (χ1n) is 12.2. The smallest absolute Gasteiger partial charge is 0.416 e. The van der Waals surface area contributed by atoms with E-state index in [1.807, 2.05) is 13.1 Å². The summed E-state index contributed by atoms with van der Waals surface area (Å²) in [6.45, 7) is 0.806. The summed E-state index contributed by atoms with van der Waals surface area (Å²) >= 11 is 0. The molecule has 2 bridgehead atoms. The molecule has 2 aromatic carbocycles. The molecule has 4 atom stereocenters. The van der Waals surface area contributed by atoms with Gasteiger partial charge in [-0.15, -0.1) is 0 Å². The van der Waals surface area contributed by atoms with E-state index in [1.54, 1.807) is 24.1 Å². The van der Waals surface area contributed by atoms with Crippen molar-refractivity contribution in [1.82, 2.24) is 9.80 Å². The number of carbonyl (C=O) groups is 1. The van der Waals surface area contributed by atoms with Crippen molar-refractivity contribution >= 4 is 5.91 Å². The first kappa shape index (κ1) is 24.7. The zero-order valence-electron chi connectivity index (χ0n) is 20.3. The summed E-state index contributed by atoms with van der Waals surface area (Å²) in [6, 6.07) is 9.60. The van der Waals surface area contributed by atoms with Crippen LogP contribution < -0.4 is 0 Å². The molecule has 1 saturated carbocycles. The highest BCUT2D eigenvalue weighted by Crippen LogP contribution is 2.58. The average Bonchev–Trinajstić information content (AvgIpc) is 2.84. The van der Waals surface area contributed by atoms with Crippen LogP contribution in [0.15, 0.2) is 42.5 Å². The average molecular weight is 499 g/mol. The summed E-state index contributed by atoms with van der Waals surface area (Å²) in [4.78, 5) is 16.8. The second kappa shape index (κ2) is 8.53. The molecule has 190 valence electrons. The third kappa shape index (κ3) is 3.86. The maximum atomic E-state index is 13.0. The monoisotopic (exact) mass is 498 g/mol. The van der Waals surface area contributed by atoms with E-state index in [9.17, 15) is 28.2 Å². The number of halogens is 3. The summed E-state index contributed by atoms with van der Waals surface area (Å²) in [5, 5.41) is 22.4. The number of hydrogen-bond acceptors (Lipinski definition) is 4. The molecule has 2 N–H and O–H groups in total. The van der Waals surface area contributed by atoms with Crippen molar-refractivity contribution < 1.29 is 28.2 Å². The largest absolute Gasteiger partial charge is 0.508 e. The van der Waals surface area contributed by atoms with Crippen molar-refractivity contribution in [3.8, 4) is 17.6 Å². The SMILES string of the molecule is CN1CC[C@]23C[C@H](N(C)C(=O)C#Cc4ccc(C(F)(F)F)cc4)CC[C@]2(O)[C@H]1Cc1ccc(O)cc13. The number of fused-ring (bicyclic) bond motifs is 1. The zero-order chi connectivity index (χ0) is 25.9. The van der Waals surface area contributed by atoms with Crippen LogP contribution in [0, 0.1) is 11.8 Å². The number of amides is 1. The van der Waals surface area contributed by atoms with Crippen LogP contribution in [0.2, 0.25) is 0 Å². The zero-order valence-corrected chi connectivity index (χ0v) is 20.3. The highest BCUT2D eigenvalue weighted by atomic mass is 19.4. The van der Waals surface area contributed by atoms with Gasteiger partial charge in [0.1, 0.15) is 5.75 Å². The van der Waals surface area contributed by atoms with Crippen molar-refractivity contribution in [2.45, 2.75) is 61.4 Å². The number of benzene rings is 2. The Morgan fingerprint density at radius 1 is 1.17 bits per heavy atom. The normalized spacial score (nSPS) is 29.4. The lowest BCUT2D eigenvalue weighted by molar-refractivity contribution is -0.172. The Balaban J connectivity index is 1.40. The fourth-order valence-electron chi connectivity index (χ4n) is 6.65. The van der Waals surface area contributed by atoms with Crippen LogP contribution >= 0.6 is 0 Å². The number of alkyl halides is 3. The van der Waals surface area contributed by atoms with Gasteiger partial charge in [-0.3, -0.25) is 4.79 Å². The van der Waals surface area contributed by atoms with E-state index in [4.69, 9.17) is 0 Å². The molecule has 5 nitrogen and oxygen atoms in total. The number of carbonyl (C=O) groups excluding carboxylic acids is 1. The van der Waals surface area contributed by atoms with Crippen molar-refractivity contribution in [2.24, 2.45) is 0 Å². The number of hydrogen-bond donors (Lipinski definition) is 2. The molecule has 8 heteroatoms. The number of phenols is 1. The third-order valence-corrected chi connectivity index (χ3v) is 8.66. The van der Waals surface area contributed by atoms with Gasteiger partial charge in [-0.1, -0.05) is 12.0 Å². The molecular formula is C28H29F3N2O3. The minimum absolute atomic E-state index is 0.0373. The van der Waals surface area contributed by atoms with Crippen molar-refractivity contribution in [3.63, 3.8) is 0 Å². The maximum absolute atomic E-state index is 13.0. The van der Waals surface area contributed by atoms with Crippen LogP contribution in [0.5, 0.6) is 5.75 Å². The quantitative estimate of drug-likeness (QED) is 0.589. The van der Waals surface area contributed by atoms with Gasteiger partial charge in [0.15, 0.2) is 0 Å². The standard InChI is InChI=1S/C28H29F3N2O3/c1-32-14-13-26-17-21(11-12-27(26,36)24(32)15-19-6-9-22(34)16-23(19)26)33(2)25(35)10-5-18-3-7-20(8-4-18)28(29,30)31/h3-4,6-9,16,21,24,34,36H,11-15,17H2,1-2H3/t21-,24-,26-,27+/m1/s1. The number of likely N-dealkylation sites (tertiary alicyclic amines) is 1. The predicted molar refractivity (Wildman–Crippen MR) is 128 cm³/mol. The van der Waals surface area contributed by atoms with Gasteiger partial charge in [-0.05, 0) is 93.2 Å². The Morgan fingerprint density at radius 3 is 2.58 bits per heavy atom. The maximum Gasteiger partial charge on any atom is 0.416 e. The van der Waals surface area contributed by atoms with E-state index >= 15 is 0 Å². The predicted octanol–water partition coefficient (Wildman–Crippen LogP) is 3.70.